The fraction of sp³-hybridized carbons (Fsp3) is 0.706. The third-order valence-corrected chi connectivity index (χ3v) is 5.21. The highest BCUT2D eigenvalue weighted by Gasteiger charge is 2.25. The van der Waals surface area contributed by atoms with Crippen molar-refractivity contribution < 1.29 is 4.74 Å². The van der Waals surface area contributed by atoms with Crippen molar-refractivity contribution >= 4 is 5.65 Å². The maximum atomic E-state index is 5.41. The summed E-state index contributed by atoms with van der Waals surface area (Å²) in [5.74, 6) is 1.50. The Morgan fingerprint density at radius 2 is 1.71 bits per heavy atom. The van der Waals surface area contributed by atoms with E-state index in [1.165, 1.54) is 0 Å². The van der Waals surface area contributed by atoms with Crippen molar-refractivity contribution in [1.82, 2.24) is 29.6 Å². The highest BCUT2D eigenvalue weighted by molar-refractivity contribution is 5.36. The molecule has 0 amide bonds. The minimum Gasteiger partial charge on any atom is -0.379 e. The Kier molecular flexibility index (Phi) is 4.73. The van der Waals surface area contributed by atoms with E-state index in [0.29, 0.717) is 5.92 Å². The smallest absolute Gasteiger partial charge is 0.177 e. The summed E-state index contributed by atoms with van der Waals surface area (Å²) in [5.41, 5.74) is 1.86. The van der Waals surface area contributed by atoms with E-state index in [9.17, 15) is 0 Å². The number of rotatable bonds is 4. The molecule has 7 nitrogen and oxygen atoms in total. The average molecular weight is 330 g/mol. The predicted octanol–water partition coefficient (Wildman–Crippen LogP) is 0.944. The van der Waals surface area contributed by atoms with E-state index in [2.05, 4.69) is 25.1 Å². The van der Waals surface area contributed by atoms with Gasteiger partial charge < -0.3 is 9.64 Å². The molecular formula is C17H26N6O. The number of aromatic nitrogens is 4. The Morgan fingerprint density at radius 1 is 1.00 bits per heavy atom. The lowest BCUT2D eigenvalue weighted by Gasteiger charge is -2.33. The molecule has 4 heterocycles. The molecule has 4 rings (SSSR count). The number of aryl methyl sites for hydroxylation is 1. The van der Waals surface area contributed by atoms with Crippen molar-refractivity contribution in [2.45, 2.75) is 25.7 Å². The Balaban J connectivity index is 1.33. The first-order chi connectivity index (χ1) is 11.8. The monoisotopic (exact) mass is 330 g/mol. The molecule has 2 fully saturated rings. The van der Waals surface area contributed by atoms with Crippen molar-refractivity contribution in [3.8, 4) is 0 Å². The van der Waals surface area contributed by atoms with E-state index < -0.39 is 0 Å². The summed E-state index contributed by atoms with van der Waals surface area (Å²) in [6, 6.07) is 3.98. The summed E-state index contributed by atoms with van der Waals surface area (Å²) < 4.78 is 7.35. The quantitative estimate of drug-likeness (QED) is 0.832. The van der Waals surface area contributed by atoms with Gasteiger partial charge in [-0.2, -0.15) is 9.61 Å². The Labute approximate surface area is 142 Å². The summed E-state index contributed by atoms with van der Waals surface area (Å²) >= 11 is 0. The Hall–Kier alpha value is -1.57. The third kappa shape index (κ3) is 3.43. The van der Waals surface area contributed by atoms with Gasteiger partial charge in [-0.1, -0.05) is 0 Å². The number of hydrogen-bond acceptors (Lipinski definition) is 6. The van der Waals surface area contributed by atoms with E-state index in [0.717, 1.165) is 82.5 Å². The molecule has 2 aliphatic rings. The van der Waals surface area contributed by atoms with E-state index in [1.807, 2.05) is 23.6 Å². The van der Waals surface area contributed by atoms with Crippen LogP contribution < -0.4 is 0 Å². The van der Waals surface area contributed by atoms with Crippen LogP contribution >= 0.6 is 0 Å². The molecule has 0 unspecified atom stereocenters. The zero-order chi connectivity index (χ0) is 16.4. The summed E-state index contributed by atoms with van der Waals surface area (Å²) in [6.07, 6.45) is 2.28. The van der Waals surface area contributed by atoms with Crippen molar-refractivity contribution in [1.29, 1.82) is 0 Å². The van der Waals surface area contributed by atoms with Gasteiger partial charge in [0.1, 0.15) is 0 Å². The zero-order valence-corrected chi connectivity index (χ0v) is 14.4. The second-order valence-corrected chi connectivity index (χ2v) is 6.87. The SMILES string of the molecule is Cc1ccc2nnc(C3CCN(CCN4CCOCC4)CC3)n2n1. The highest BCUT2D eigenvalue weighted by atomic mass is 16.5. The number of morpholine rings is 1. The number of piperidine rings is 1. The number of hydrogen-bond donors (Lipinski definition) is 0. The Bertz CT molecular complexity index is 673. The molecule has 7 heteroatoms. The maximum Gasteiger partial charge on any atom is 0.177 e. The van der Waals surface area contributed by atoms with Crippen LogP contribution in [-0.4, -0.2) is 82.1 Å². The van der Waals surface area contributed by atoms with Gasteiger partial charge in [-0.05, 0) is 45.0 Å². The molecule has 2 aromatic rings. The molecule has 0 aromatic carbocycles. The molecule has 0 N–H and O–H groups in total. The van der Waals surface area contributed by atoms with E-state index in [1.54, 1.807) is 0 Å². The van der Waals surface area contributed by atoms with E-state index in [-0.39, 0.29) is 0 Å². The molecule has 2 aromatic heterocycles. The Morgan fingerprint density at radius 3 is 2.46 bits per heavy atom. The summed E-state index contributed by atoms with van der Waals surface area (Å²) in [4.78, 5) is 5.09. The summed E-state index contributed by atoms with van der Waals surface area (Å²) in [6.45, 7) is 10.5. The van der Waals surface area contributed by atoms with Crippen LogP contribution in [0.5, 0.6) is 0 Å². The van der Waals surface area contributed by atoms with Crippen LogP contribution in [0.15, 0.2) is 12.1 Å². The van der Waals surface area contributed by atoms with E-state index >= 15 is 0 Å². The zero-order valence-electron chi connectivity index (χ0n) is 14.4. The van der Waals surface area contributed by atoms with Crippen molar-refractivity contribution in [3.05, 3.63) is 23.7 Å². The van der Waals surface area contributed by atoms with Crippen LogP contribution in [0.2, 0.25) is 0 Å². The van der Waals surface area contributed by atoms with Crippen LogP contribution in [-0.2, 0) is 4.74 Å². The molecular weight excluding hydrogens is 304 g/mol. The van der Waals surface area contributed by atoms with Crippen LogP contribution in [0.3, 0.4) is 0 Å². The second kappa shape index (κ2) is 7.13. The van der Waals surface area contributed by atoms with Crippen molar-refractivity contribution in [2.24, 2.45) is 0 Å². The average Bonchev–Trinajstić information content (AvgIpc) is 3.04. The fourth-order valence-corrected chi connectivity index (χ4v) is 3.67. The summed E-state index contributed by atoms with van der Waals surface area (Å²) in [5, 5.41) is 13.3. The molecule has 2 saturated heterocycles. The van der Waals surface area contributed by atoms with Gasteiger partial charge in [0.05, 0.1) is 18.9 Å². The van der Waals surface area contributed by atoms with Gasteiger partial charge in [-0.15, -0.1) is 10.2 Å². The summed E-state index contributed by atoms with van der Waals surface area (Å²) in [7, 11) is 0. The first-order valence-corrected chi connectivity index (χ1v) is 9.01. The lowest BCUT2D eigenvalue weighted by molar-refractivity contribution is 0.0320. The minimum absolute atomic E-state index is 0.467. The van der Waals surface area contributed by atoms with Gasteiger partial charge in [-0.25, -0.2) is 0 Å². The van der Waals surface area contributed by atoms with Crippen LogP contribution in [0, 0.1) is 6.92 Å². The number of nitrogens with zero attached hydrogens (tertiary/aromatic N) is 6. The highest BCUT2D eigenvalue weighted by Crippen LogP contribution is 2.26. The van der Waals surface area contributed by atoms with Crippen LogP contribution in [0.25, 0.3) is 5.65 Å². The van der Waals surface area contributed by atoms with Crippen molar-refractivity contribution in [2.75, 3.05) is 52.5 Å². The minimum atomic E-state index is 0.467. The number of likely N-dealkylation sites (tertiary alicyclic amines) is 1. The molecule has 0 radical (unpaired) electrons. The molecule has 2 aliphatic heterocycles. The standard InChI is InChI=1S/C17H26N6O/c1-14-2-3-16-18-19-17(23(16)20-14)15-4-6-21(7-5-15)8-9-22-10-12-24-13-11-22/h2-3,15H,4-13H2,1H3. The van der Waals surface area contributed by atoms with Gasteiger partial charge in [0.25, 0.3) is 0 Å². The lowest BCUT2D eigenvalue weighted by atomic mass is 9.96. The lowest BCUT2D eigenvalue weighted by Crippen LogP contribution is -2.43. The van der Waals surface area contributed by atoms with Crippen LogP contribution in [0.4, 0.5) is 0 Å². The molecule has 0 bridgehead atoms. The van der Waals surface area contributed by atoms with Gasteiger partial charge in [-0.3, -0.25) is 4.90 Å². The molecule has 0 saturated carbocycles. The number of ether oxygens (including phenoxy) is 1. The van der Waals surface area contributed by atoms with Gasteiger partial charge >= 0.3 is 0 Å². The van der Waals surface area contributed by atoms with E-state index in [4.69, 9.17) is 4.74 Å². The topological polar surface area (TPSA) is 58.8 Å². The first kappa shape index (κ1) is 15.9. The first-order valence-electron chi connectivity index (χ1n) is 9.01. The predicted molar refractivity (Wildman–Crippen MR) is 91.2 cm³/mol. The van der Waals surface area contributed by atoms with Crippen molar-refractivity contribution in [3.63, 3.8) is 0 Å². The molecule has 0 aliphatic carbocycles. The van der Waals surface area contributed by atoms with Gasteiger partial charge in [0, 0.05) is 32.1 Å². The largest absolute Gasteiger partial charge is 0.379 e. The molecule has 0 spiro atoms. The molecule has 24 heavy (non-hydrogen) atoms. The third-order valence-electron chi connectivity index (χ3n) is 5.21. The van der Waals surface area contributed by atoms with Gasteiger partial charge in [0.15, 0.2) is 11.5 Å². The number of fused-ring (bicyclic) bond motifs is 1. The van der Waals surface area contributed by atoms with Crippen LogP contribution in [0.1, 0.15) is 30.3 Å². The molecule has 130 valence electrons. The maximum absolute atomic E-state index is 5.41. The fourth-order valence-electron chi connectivity index (χ4n) is 3.67. The normalized spacial score (nSPS) is 21.5. The van der Waals surface area contributed by atoms with Gasteiger partial charge in [0.2, 0.25) is 0 Å². The second-order valence-electron chi connectivity index (χ2n) is 6.87. The molecule has 0 atom stereocenters.